The Morgan fingerprint density at radius 1 is 1.21 bits per heavy atom. The van der Waals surface area contributed by atoms with Gasteiger partial charge in [0.05, 0.1) is 12.3 Å². The molecule has 0 aliphatic heterocycles. The molecule has 124 valence electrons. The molecule has 0 atom stereocenters. The molecule has 2 rings (SSSR count). The first kappa shape index (κ1) is 18.0. The Morgan fingerprint density at radius 3 is 2.67 bits per heavy atom. The fourth-order valence-corrected chi connectivity index (χ4v) is 2.34. The summed E-state index contributed by atoms with van der Waals surface area (Å²) in [5.41, 5.74) is 1.45. The number of benzene rings is 2. The van der Waals surface area contributed by atoms with Gasteiger partial charge in [-0.2, -0.15) is 0 Å². The second kappa shape index (κ2) is 9.05. The van der Waals surface area contributed by atoms with Crippen LogP contribution in [0.1, 0.15) is 12.5 Å². The van der Waals surface area contributed by atoms with Gasteiger partial charge in [0.1, 0.15) is 5.75 Å². The van der Waals surface area contributed by atoms with E-state index in [4.69, 9.17) is 28.6 Å². The maximum absolute atomic E-state index is 11.9. The molecule has 1 amide bonds. The third-order valence-corrected chi connectivity index (χ3v) is 3.54. The zero-order valence-corrected chi connectivity index (χ0v) is 14.7. The van der Waals surface area contributed by atoms with E-state index in [9.17, 15) is 4.79 Å². The lowest BCUT2D eigenvalue weighted by Crippen LogP contribution is -2.32. The maximum atomic E-state index is 11.9. The number of nitrogens with one attached hydrogen (secondary N) is 2. The fourth-order valence-electron chi connectivity index (χ4n) is 1.93. The first-order valence-electron chi connectivity index (χ1n) is 7.36. The number of para-hydroxylation sites is 2. The molecule has 0 saturated carbocycles. The number of hydrogen-bond donors (Lipinski definition) is 2. The minimum atomic E-state index is -0.346. The van der Waals surface area contributed by atoms with Gasteiger partial charge in [0.2, 0.25) is 5.91 Å². The van der Waals surface area contributed by atoms with Crippen molar-refractivity contribution in [3.8, 4) is 5.75 Å². The van der Waals surface area contributed by atoms with Crippen molar-refractivity contribution in [1.29, 1.82) is 0 Å². The van der Waals surface area contributed by atoms with E-state index in [1.165, 1.54) is 6.08 Å². The smallest absolute Gasteiger partial charge is 0.250 e. The highest BCUT2D eigenvalue weighted by Crippen LogP contribution is 2.23. The standard InChI is InChI=1S/C18H17ClN2O2S/c1-2-23-16-10-6-5-9-15(16)20-18(24)21-17(22)12-11-13-7-3-4-8-14(13)19/h3-12H,2H2,1H3,(H2,20,21,22,24)/b12-11+. The molecule has 4 nitrogen and oxygen atoms in total. The Kier molecular flexibility index (Phi) is 6.78. The molecule has 0 fully saturated rings. The van der Waals surface area contributed by atoms with E-state index in [1.807, 2.05) is 49.4 Å². The van der Waals surface area contributed by atoms with Crippen molar-refractivity contribution < 1.29 is 9.53 Å². The van der Waals surface area contributed by atoms with E-state index < -0.39 is 0 Å². The Balaban J connectivity index is 1.95. The number of thiocarbonyl (C=S) groups is 1. The Labute approximate surface area is 151 Å². The van der Waals surface area contributed by atoms with E-state index in [1.54, 1.807) is 12.1 Å². The van der Waals surface area contributed by atoms with Crippen LogP contribution in [0.4, 0.5) is 5.69 Å². The summed E-state index contributed by atoms with van der Waals surface area (Å²) in [6, 6.07) is 14.6. The molecule has 0 radical (unpaired) electrons. The molecule has 2 N–H and O–H groups in total. The van der Waals surface area contributed by atoms with Crippen molar-refractivity contribution in [1.82, 2.24) is 5.32 Å². The number of halogens is 1. The van der Waals surface area contributed by atoms with E-state index in [0.717, 1.165) is 5.56 Å². The quantitative estimate of drug-likeness (QED) is 0.617. The van der Waals surface area contributed by atoms with Crippen LogP contribution in [0.15, 0.2) is 54.6 Å². The summed E-state index contributed by atoms with van der Waals surface area (Å²) >= 11 is 11.2. The fraction of sp³-hybridized carbons (Fsp3) is 0.111. The van der Waals surface area contributed by atoms with Crippen LogP contribution in [0.25, 0.3) is 6.08 Å². The molecule has 6 heteroatoms. The van der Waals surface area contributed by atoms with Crippen LogP contribution >= 0.6 is 23.8 Å². The predicted octanol–water partition coefficient (Wildman–Crippen LogP) is 4.27. The average Bonchev–Trinajstić information content (AvgIpc) is 2.56. The molecule has 0 aromatic heterocycles. The summed E-state index contributed by atoms with van der Waals surface area (Å²) in [7, 11) is 0. The van der Waals surface area contributed by atoms with Gasteiger partial charge >= 0.3 is 0 Å². The molecule has 0 saturated heterocycles. The van der Waals surface area contributed by atoms with Crippen LogP contribution in [0.3, 0.4) is 0 Å². The van der Waals surface area contributed by atoms with Crippen LogP contribution < -0.4 is 15.4 Å². The zero-order valence-electron chi connectivity index (χ0n) is 13.1. The minimum absolute atomic E-state index is 0.191. The van der Waals surface area contributed by atoms with E-state index in [2.05, 4.69) is 10.6 Å². The molecule has 0 heterocycles. The third-order valence-electron chi connectivity index (χ3n) is 2.99. The lowest BCUT2D eigenvalue weighted by Gasteiger charge is -2.12. The van der Waals surface area contributed by atoms with E-state index >= 15 is 0 Å². The van der Waals surface area contributed by atoms with Gasteiger partial charge in [0.25, 0.3) is 0 Å². The number of rotatable bonds is 5. The lowest BCUT2D eigenvalue weighted by molar-refractivity contribution is -0.115. The summed E-state index contributed by atoms with van der Waals surface area (Å²) in [4.78, 5) is 11.9. The van der Waals surface area contributed by atoms with Gasteiger partial charge in [-0.3, -0.25) is 10.1 Å². The van der Waals surface area contributed by atoms with Gasteiger partial charge in [0, 0.05) is 11.1 Å². The second-order valence-corrected chi connectivity index (χ2v) is 5.54. The van der Waals surface area contributed by atoms with Gasteiger partial charge in [0.15, 0.2) is 5.11 Å². The number of hydrogen-bond acceptors (Lipinski definition) is 3. The number of carbonyl (C=O) groups excluding carboxylic acids is 1. The summed E-state index contributed by atoms with van der Waals surface area (Å²) in [6.07, 6.45) is 3.01. The normalized spacial score (nSPS) is 10.4. The maximum Gasteiger partial charge on any atom is 0.250 e. The Bertz CT molecular complexity index is 762. The van der Waals surface area contributed by atoms with Crippen LogP contribution in [0.5, 0.6) is 5.75 Å². The van der Waals surface area contributed by atoms with Crippen molar-refractivity contribution in [2.24, 2.45) is 0 Å². The molecular formula is C18H17ClN2O2S. The molecule has 2 aromatic carbocycles. The van der Waals surface area contributed by atoms with Gasteiger partial charge in [-0.1, -0.05) is 41.9 Å². The molecule has 2 aromatic rings. The Hall–Kier alpha value is -2.37. The van der Waals surface area contributed by atoms with Crippen LogP contribution in [-0.2, 0) is 4.79 Å². The average molecular weight is 361 g/mol. The van der Waals surface area contributed by atoms with E-state index in [0.29, 0.717) is 23.1 Å². The molecule has 0 unspecified atom stereocenters. The molecule has 0 bridgehead atoms. The van der Waals surface area contributed by atoms with Gasteiger partial charge in [-0.05, 0) is 49.0 Å². The van der Waals surface area contributed by atoms with Crippen molar-refractivity contribution in [2.45, 2.75) is 6.92 Å². The van der Waals surface area contributed by atoms with Crippen molar-refractivity contribution >= 4 is 46.6 Å². The summed E-state index contributed by atoms with van der Waals surface area (Å²) in [5.74, 6) is 0.324. The topological polar surface area (TPSA) is 50.4 Å². The highest BCUT2D eigenvalue weighted by atomic mass is 35.5. The number of anilines is 1. The molecule has 0 aliphatic carbocycles. The van der Waals surface area contributed by atoms with Crippen LogP contribution in [0.2, 0.25) is 5.02 Å². The molecule has 0 aliphatic rings. The number of carbonyl (C=O) groups is 1. The van der Waals surface area contributed by atoms with Crippen molar-refractivity contribution in [3.05, 3.63) is 65.2 Å². The third kappa shape index (κ3) is 5.37. The first-order valence-corrected chi connectivity index (χ1v) is 8.15. The first-order chi connectivity index (χ1) is 11.6. The van der Waals surface area contributed by atoms with Crippen LogP contribution in [0, 0.1) is 0 Å². The minimum Gasteiger partial charge on any atom is -0.492 e. The summed E-state index contributed by atoms with van der Waals surface area (Å²) in [6.45, 7) is 2.44. The van der Waals surface area contributed by atoms with Crippen LogP contribution in [-0.4, -0.2) is 17.6 Å². The largest absolute Gasteiger partial charge is 0.492 e. The zero-order chi connectivity index (χ0) is 17.4. The highest BCUT2D eigenvalue weighted by molar-refractivity contribution is 7.80. The second-order valence-electron chi connectivity index (χ2n) is 4.73. The summed E-state index contributed by atoms with van der Waals surface area (Å²) < 4.78 is 5.50. The lowest BCUT2D eigenvalue weighted by atomic mass is 10.2. The van der Waals surface area contributed by atoms with Gasteiger partial charge in [-0.25, -0.2) is 0 Å². The number of ether oxygens (including phenoxy) is 1. The number of amides is 1. The van der Waals surface area contributed by atoms with Crippen molar-refractivity contribution in [3.63, 3.8) is 0 Å². The monoisotopic (exact) mass is 360 g/mol. The van der Waals surface area contributed by atoms with Crippen molar-refractivity contribution in [2.75, 3.05) is 11.9 Å². The van der Waals surface area contributed by atoms with E-state index in [-0.39, 0.29) is 11.0 Å². The van der Waals surface area contributed by atoms with Gasteiger partial charge in [-0.15, -0.1) is 0 Å². The molecular weight excluding hydrogens is 344 g/mol. The SMILES string of the molecule is CCOc1ccccc1NC(=S)NC(=O)/C=C/c1ccccc1Cl. The Morgan fingerprint density at radius 2 is 1.92 bits per heavy atom. The summed E-state index contributed by atoms with van der Waals surface area (Å²) in [5, 5.41) is 6.30. The predicted molar refractivity (Wildman–Crippen MR) is 102 cm³/mol. The van der Waals surface area contributed by atoms with Gasteiger partial charge < -0.3 is 10.1 Å². The molecule has 0 spiro atoms. The molecule has 24 heavy (non-hydrogen) atoms. The highest BCUT2D eigenvalue weighted by Gasteiger charge is 2.06.